The number of rotatable bonds is 5. The highest BCUT2D eigenvalue weighted by atomic mass is 32.1. The van der Waals surface area contributed by atoms with Crippen molar-refractivity contribution in [2.45, 2.75) is 26.2 Å². The fourth-order valence-electron chi connectivity index (χ4n) is 1.52. The number of nitrogen functional groups attached to an aromatic ring is 1. The first-order chi connectivity index (χ1) is 8.20. The van der Waals surface area contributed by atoms with Crippen LogP contribution >= 0.6 is 11.3 Å². The van der Waals surface area contributed by atoms with Crippen molar-refractivity contribution in [1.82, 2.24) is 4.98 Å². The molecule has 0 aliphatic rings. The van der Waals surface area contributed by atoms with E-state index in [4.69, 9.17) is 10.5 Å². The number of hydrogen-bond acceptors (Lipinski definition) is 4. The Morgan fingerprint density at radius 2 is 2.24 bits per heavy atom. The van der Waals surface area contributed by atoms with Crippen LogP contribution in [0.2, 0.25) is 0 Å². The van der Waals surface area contributed by atoms with Gasteiger partial charge in [-0.25, -0.2) is 9.37 Å². The average Bonchev–Trinajstić information content (AvgIpc) is 2.67. The first-order valence-electron chi connectivity index (χ1n) is 5.69. The van der Waals surface area contributed by atoms with Gasteiger partial charge >= 0.3 is 0 Å². The lowest BCUT2D eigenvalue weighted by atomic mass is 10.3. The molecule has 0 atom stereocenters. The zero-order valence-electron chi connectivity index (χ0n) is 9.70. The van der Waals surface area contributed by atoms with Crippen molar-refractivity contribution >= 4 is 27.2 Å². The first kappa shape index (κ1) is 12.1. The Morgan fingerprint density at radius 3 is 3.00 bits per heavy atom. The van der Waals surface area contributed by atoms with Crippen LogP contribution in [0.25, 0.3) is 10.2 Å². The summed E-state index contributed by atoms with van der Waals surface area (Å²) in [6, 6.07) is 2.95. The molecule has 0 saturated carbocycles. The van der Waals surface area contributed by atoms with Crippen LogP contribution in [0.15, 0.2) is 12.1 Å². The van der Waals surface area contributed by atoms with Crippen LogP contribution in [-0.4, -0.2) is 11.6 Å². The number of thiazole rings is 1. The molecule has 1 aromatic heterocycles. The minimum Gasteiger partial charge on any atom is -0.470 e. The van der Waals surface area contributed by atoms with E-state index in [2.05, 4.69) is 11.9 Å². The Labute approximate surface area is 103 Å². The van der Waals surface area contributed by atoms with Gasteiger partial charge in [0.2, 0.25) is 0 Å². The van der Waals surface area contributed by atoms with Gasteiger partial charge in [-0.3, -0.25) is 0 Å². The van der Waals surface area contributed by atoms with E-state index >= 15 is 0 Å². The molecule has 5 heteroatoms. The first-order valence-corrected chi connectivity index (χ1v) is 6.50. The van der Waals surface area contributed by atoms with E-state index < -0.39 is 5.82 Å². The maximum Gasteiger partial charge on any atom is 0.274 e. The molecule has 3 nitrogen and oxygen atoms in total. The third-order valence-corrected chi connectivity index (χ3v) is 3.39. The van der Waals surface area contributed by atoms with E-state index in [1.807, 2.05) is 0 Å². The summed E-state index contributed by atoms with van der Waals surface area (Å²) in [6.45, 7) is 2.80. The number of unbranched alkanes of at least 4 members (excludes halogenated alkanes) is 2. The lowest BCUT2D eigenvalue weighted by Gasteiger charge is -1.99. The summed E-state index contributed by atoms with van der Waals surface area (Å²) >= 11 is 1.35. The fourth-order valence-corrected chi connectivity index (χ4v) is 2.36. The van der Waals surface area contributed by atoms with Crippen LogP contribution < -0.4 is 10.5 Å². The highest BCUT2D eigenvalue weighted by Gasteiger charge is 2.08. The summed E-state index contributed by atoms with van der Waals surface area (Å²) in [5.74, 6) is -0.404. The second kappa shape index (κ2) is 5.31. The number of nitrogens with two attached hydrogens (primary N) is 1. The number of nitrogens with zero attached hydrogens (tertiary/aromatic N) is 1. The summed E-state index contributed by atoms with van der Waals surface area (Å²) in [7, 11) is 0. The number of aromatic nitrogens is 1. The van der Waals surface area contributed by atoms with Crippen LogP contribution in [0.3, 0.4) is 0 Å². The van der Waals surface area contributed by atoms with Gasteiger partial charge in [-0.15, -0.1) is 0 Å². The van der Waals surface area contributed by atoms with E-state index in [0.29, 0.717) is 17.3 Å². The maximum atomic E-state index is 13.2. The normalized spacial score (nSPS) is 10.9. The van der Waals surface area contributed by atoms with Crippen molar-refractivity contribution in [2.24, 2.45) is 0 Å². The molecular weight excluding hydrogens is 239 g/mol. The number of ether oxygens (including phenoxy) is 1. The number of halogens is 1. The second-order valence-electron chi connectivity index (χ2n) is 3.88. The molecule has 0 fully saturated rings. The highest BCUT2D eigenvalue weighted by Crippen LogP contribution is 2.30. The quantitative estimate of drug-likeness (QED) is 0.655. The second-order valence-corrected chi connectivity index (χ2v) is 4.87. The van der Waals surface area contributed by atoms with Gasteiger partial charge in [-0.1, -0.05) is 31.1 Å². The van der Waals surface area contributed by atoms with E-state index in [-0.39, 0.29) is 5.69 Å². The van der Waals surface area contributed by atoms with Gasteiger partial charge < -0.3 is 10.5 Å². The van der Waals surface area contributed by atoms with Crippen LogP contribution in [0.5, 0.6) is 5.19 Å². The predicted octanol–water partition coefficient (Wildman–Crippen LogP) is 3.59. The average molecular weight is 254 g/mol. The van der Waals surface area contributed by atoms with Gasteiger partial charge in [-0.05, 0) is 18.6 Å². The third kappa shape index (κ3) is 2.85. The summed E-state index contributed by atoms with van der Waals surface area (Å²) in [5, 5.41) is 0.584. The van der Waals surface area contributed by atoms with Crippen molar-refractivity contribution in [2.75, 3.05) is 12.3 Å². The topological polar surface area (TPSA) is 48.1 Å². The molecule has 2 rings (SSSR count). The summed E-state index contributed by atoms with van der Waals surface area (Å²) < 4.78 is 19.5. The van der Waals surface area contributed by atoms with Gasteiger partial charge in [-0.2, -0.15) is 0 Å². The molecule has 1 aromatic carbocycles. The maximum absolute atomic E-state index is 13.2. The van der Waals surface area contributed by atoms with E-state index in [9.17, 15) is 4.39 Å². The van der Waals surface area contributed by atoms with Gasteiger partial charge in [0.1, 0.15) is 5.82 Å². The minimum absolute atomic E-state index is 0.125. The van der Waals surface area contributed by atoms with Crippen molar-refractivity contribution in [3.05, 3.63) is 17.9 Å². The predicted molar refractivity (Wildman–Crippen MR) is 69.0 cm³/mol. The molecule has 92 valence electrons. The highest BCUT2D eigenvalue weighted by molar-refractivity contribution is 7.20. The molecule has 0 bridgehead atoms. The van der Waals surface area contributed by atoms with Crippen LogP contribution in [0.4, 0.5) is 10.1 Å². The molecule has 0 saturated heterocycles. The smallest absolute Gasteiger partial charge is 0.274 e. The zero-order valence-corrected chi connectivity index (χ0v) is 10.5. The van der Waals surface area contributed by atoms with Gasteiger partial charge in [0.05, 0.1) is 22.5 Å². The Morgan fingerprint density at radius 1 is 1.41 bits per heavy atom. The largest absolute Gasteiger partial charge is 0.470 e. The molecule has 17 heavy (non-hydrogen) atoms. The number of benzene rings is 1. The van der Waals surface area contributed by atoms with Crippen molar-refractivity contribution < 1.29 is 9.13 Å². The van der Waals surface area contributed by atoms with Crippen molar-refractivity contribution in [3.8, 4) is 5.19 Å². The molecule has 0 aliphatic heterocycles. The Kier molecular flexibility index (Phi) is 3.78. The summed E-state index contributed by atoms with van der Waals surface area (Å²) in [6.07, 6.45) is 3.32. The fraction of sp³-hybridized carbons (Fsp3) is 0.417. The lowest BCUT2D eigenvalue weighted by Crippen LogP contribution is -1.96. The lowest BCUT2D eigenvalue weighted by molar-refractivity contribution is 0.305. The standard InChI is InChI=1S/C12H15FN2OS/c1-2-3-4-5-16-12-15-10-7-9(14)8(13)6-11(10)17-12/h6-7H,2-5,14H2,1H3. The molecule has 2 aromatic rings. The SMILES string of the molecule is CCCCCOc1nc2cc(N)c(F)cc2s1. The number of fused-ring (bicyclic) bond motifs is 1. The molecule has 2 N–H and O–H groups in total. The van der Waals surface area contributed by atoms with Gasteiger partial charge in [0.15, 0.2) is 0 Å². The summed E-state index contributed by atoms with van der Waals surface area (Å²) in [4.78, 5) is 4.26. The number of hydrogen-bond donors (Lipinski definition) is 1. The molecule has 0 aliphatic carbocycles. The van der Waals surface area contributed by atoms with Crippen molar-refractivity contribution in [1.29, 1.82) is 0 Å². The van der Waals surface area contributed by atoms with Gasteiger partial charge in [0.25, 0.3) is 5.19 Å². The van der Waals surface area contributed by atoms with Crippen molar-refractivity contribution in [3.63, 3.8) is 0 Å². The molecule has 0 unspecified atom stereocenters. The molecular formula is C12H15FN2OS. The van der Waals surface area contributed by atoms with Crippen LogP contribution in [0.1, 0.15) is 26.2 Å². The monoisotopic (exact) mass is 254 g/mol. The van der Waals surface area contributed by atoms with E-state index in [1.165, 1.54) is 17.4 Å². The number of anilines is 1. The van der Waals surface area contributed by atoms with E-state index in [0.717, 1.165) is 24.0 Å². The van der Waals surface area contributed by atoms with E-state index in [1.54, 1.807) is 6.07 Å². The Balaban J connectivity index is 2.09. The third-order valence-electron chi connectivity index (χ3n) is 2.46. The minimum atomic E-state index is -0.404. The zero-order chi connectivity index (χ0) is 12.3. The molecule has 0 radical (unpaired) electrons. The molecule has 0 spiro atoms. The van der Waals surface area contributed by atoms with Crippen LogP contribution in [-0.2, 0) is 0 Å². The summed E-state index contributed by atoms with van der Waals surface area (Å²) in [5.41, 5.74) is 6.30. The van der Waals surface area contributed by atoms with Crippen LogP contribution in [0, 0.1) is 5.82 Å². The molecule has 0 amide bonds. The Bertz CT molecular complexity index is 473. The van der Waals surface area contributed by atoms with Gasteiger partial charge in [0, 0.05) is 0 Å². The molecule has 1 heterocycles. The Hall–Kier alpha value is -1.36.